The fourth-order valence-electron chi connectivity index (χ4n) is 1.41. The third kappa shape index (κ3) is 3.04. The summed E-state index contributed by atoms with van der Waals surface area (Å²) in [5, 5.41) is 7.71. The van der Waals surface area contributed by atoms with Crippen LogP contribution in [0.2, 0.25) is 5.02 Å². The van der Waals surface area contributed by atoms with Crippen LogP contribution in [0.4, 0.5) is 0 Å². The first-order chi connectivity index (χ1) is 7.06. The Bertz CT molecular complexity index is 360. The van der Waals surface area contributed by atoms with E-state index in [1.807, 2.05) is 14.0 Å². The van der Waals surface area contributed by atoms with Gasteiger partial charge in [0.25, 0.3) is 0 Å². The number of aromatic nitrogens is 2. The molecule has 0 spiro atoms. The molecule has 0 amide bonds. The fourth-order valence-corrected chi connectivity index (χ4v) is 1.64. The minimum atomic E-state index is 0.175. The smallest absolute Gasteiger partial charge is 0.140 e. The number of nitrogens with zero attached hydrogens (tertiary/aromatic N) is 2. The highest BCUT2D eigenvalue weighted by molar-refractivity contribution is 6.32. The summed E-state index contributed by atoms with van der Waals surface area (Å²) in [7, 11) is 3.63. The van der Waals surface area contributed by atoms with Gasteiger partial charge in [-0.3, -0.25) is 9.48 Å². The normalized spacial score (nSPS) is 10.7. The summed E-state index contributed by atoms with van der Waals surface area (Å²) in [6.07, 6.45) is 0.884. The maximum Gasteiger partial charge on any atom is 0.140 e. The van der Waals surface area contributed by atoms with Crippen molar-refractivity contribution in [1.29, 1.82) is 0 Å². The summed E-state index contributed by atoms with van der Waals surface area (Å²) in [6, 6.07) is 0. The Kier molecular flexibility index (Phi) is 4.29. The molecule has 1 heterocycles. The molecule has 0 saturated carbocycles. The molecule has 4 nitrogen and oxygen atoms in total. The van der Waals surface area contributed by atoms with Gasteiger partial charge in [-0.15, -0.1) is 0 Å². The first-order valence-electron chi connectivity index (χ1n) is 4.90. The Labute approximate surface area is 94.6 Å². The van der Waals surface area contributed by atoms with E-state index in [-0.39, 0.29) is 5.78 Å². The number of hydrogen-bond donors (Lipinski definition) is 1. The number of nitrogens with one attached hydrogen (secondary N) is 1. The largest absolute Gasteiger partial charge is 0.319 e. The Morgan fingerprint density at radius 1 is 1.60 bits per heavy atom. The average molecular weight is 230 g/mol. The molecule has 0 radical (unpaired) electrons. The zero-order valence-corrected chi connectivity index (χ0v) is 10.1. The van der Waals surface area contributed by atoms with Gasteiger partial charge in [-0.25, -0.2) is 0 Å². The summed E-state index contributed by atoms with van der Waals surface area (Å²) in [5.41, 5.74) is 1.57. The number of ketones is 1. The Morgan fingerprint density at radius 2 is 2.27 bits per heavy atom. The lowest BCUT2D eigenvalue weighted by atomic mass is 10.1. The third-order valence-electron chi connectivity index (χ3n) is 2.28. The Balaban J connectivity index is 2.68. The minimum absolute atomic E-state index is 0.175. The second-order valence-corrected chi connectivity index (χ2v) is 3.92. The van der Waals surface area contributed by atoms with Crippen molar-refractivity contribution < 1.29 is 4.79 Å². The molecule has 1 rings (SSSR count). The van der Waals surface area contributed by atoms with Gasteiger partial charge in [-0.05, 0) is 14.0 Å². The predicted molar refractivity (Wildman–Crippen MR) is 60.2 cm³/mol. The summed E-state index contributed by atoms with van der Waals surface area (Å²) in [5.74, 6) is 0.175. The molecule has 1 aromatic heterocycles. The van der Waals surface area contributed by atoms with Gasteiger partial charge in [0.1, 0.15) is 5.78 Å². The summed E-state index contributed by atoms with van der Waals surface area (Å²) in [6.45, 7) is 2.54. The molecule has 0 unspecified atom stereocenters. The van der Waals surface area contributed by atoms with Gasteiger partial charge >= 0.3 is 0 Å². The Morgan fingerprint density at radius 3 is 2.73 bits per heavy atom. The topological polar surface area (TPSA) is 46.9 Å². The van der Waals surface area contributed by atoms with Gasteiger partial charge in [0.05, 0.1) is 16.4 Å². The number of carbonyl (C=O) groups is 1. The lowest BCUT2D eigenvalue weighted by Crippen LogP contribution is -2.15. The van der Waals surface area contributed by atoms with Gasteiger partial charge in [0.2, 0.25) is 0 Å². The number of carbonyl (C=O) groups excluding carboxylic acids is 1. The number of aryl methyl sites for hydroxylation is 2. The van der Waals surface area contributed by atoms with Crippen LogP contribution < -0.4 is 5.32 Å². The van der Waals surface area contributed by atoms with Crippen LogP contribution in [0.1, 0.15) is 17.8 Å². The average Bonchev–Trinajstić information content (AvgIpc) is 2.42. The van der Waals surface area contributed by atoms with Crippen molar-refractivity contribution in [2.45, 2.75) is 19.8 Å². The molecule has 84 valence electrons. The number of hydrogen-bond acceptors (Lipinski definition) is 3. The van der Waals surface area contributed by atoms with Gasteiger partial charge in [-0.1, -0.05) is 11.6 Å². The Hall–Kier alpha value is -0.870. The molecule has 0 aliphatic heterocycles. The predicted octanol–water partition coefficient (Wildman–Crippen LogP) is 1.10. The van der Waals surface area contributed by atoms with Gasteiger partial charge < -0.3 is 5.32 Å². The molecule has 0 bridgehead atoms. The van der Waals surface area contributed by atoms with Crippen LogP contribution in [-0.2, 0) is 18.3 Å². The van der Waals surface area contributed by atoms with Crippen molar-refractivity contribution in [2.75, 3.05) is 13.6 Å². The molecular weight excluding hydrogens is 214 g/mol. The molecule has 5 heteroatoms. The summed E-state index contributed by atoms with van der Waals surface area (Å²) >= 11 is 6.04. The molecule has 1 aromatic rings. The molecule has 0 fully saturated rings. The van der Waals surface area contributed by atoms with Crippen molar-refractivity contribution >= 4 is 17.4 Å². The molecule has 0 saturated heterocycles. The van der Waals surface area contributed by atoms with E-state index in [0.29, 0.717) is 24.4 Å². The molecular formula is C10H16ClN3O. The second kappa shape index (κ2) is 5.28. The van der Waals surface area contributed by atoms with Crippen molar-refractivity contribution in [3.63, 3.8) is 0 Å². The van der Waals surface area contributed by atoms with Crippen LogP contribution in [0, 0.1) is 6.92 Å². The first-order valence-corrected chi connectivity index (χ1v) is 5.28. The van der Waals surface area contributed by atoms with Crippen molar-refractivity contribution in [3.05, 3.63) is 16.4 Å². The summed E-state index contributed by atoms with van der Waals surface area (Å²) in [4.78, 5) is 11.5. The quantitative estimate of drug-likeness (QED) is 0.823. The standard InChI is InChI=1S/C10H16ClN3O/c1-7-10(11)9(14(3)13-7)6-8(15)4-5-12-2/h12H,4-6H2,1-3H3. The highest BCUT2D eigenvalue weighted by Gasteiger charge is 2.14. The molecule has 0 aliphatic rings. The van der Waals surface area contributed by atoms with Crippen molar-refractivity contribution in [2.24, 2.45) is 7.05 Å². The van der Waals surface area contributed by atoms with Crippen LogP contribution in [0.5, 0.6) is 0 Å². The van der Waals surface area contributed by atoms with E-state index in [2.05, 4.69) is 10.4 Å². The lowest BCUT2D eigenvalue weighted by Gasteiger charge is -2.02. The van der Waals surface area contributed by atoms with E-state index in [1.165, 1.54) is 0 Å². The molecule has 0 atom stereocenters. The van der Waals surface area contributed by atoms with Crippen molar-refractivity contribution in [1.82, 2.24) is 15.1 Å². The minimum Gasteiger partial charge on any atom is -0.319 e. The third-order valence-corrected chi connectivity index (χ3v) is 2.77. The zero-order chi connectivity index (χ0) is 11.4. The van der Waals surface area contributed by atoms with Crippen LogP contribution >= 0.6 is 11.6 Å². The number of halogens is 1. The van der Waals surface area contributed by atoms with E-state index in [1.54, 1.807) is 11.7 Å². The van der Waals surface area contributed by atoms with E-state index in [0.717, 1.165) is 11.4 Å². The first kappa shape index (κ1) is 12.2. The van der Waals surface area contributed by atoms with Gasteiger partial charge in [0, 0.05) is 26.4 Å². The summed E-state index contributed by atoms with van der Waals surface area (Å²) < 4.78 is 1.68. The van der Waals surface area contributed by atoms with Crippen LogP contribution in [0.25, 0.3) is 0 Å². The maximum atomic E-state index is 11.5. The molecule has 0 aromatic carbocycles. The molecule has 15 heavy (non-hydrogen) atoms. The fraction of sp³-hybridized carbons (Fsp3) is 0.600. The van der Waals surface area contributed by atoms with E-state index in [4.69, 9.17) is 11.6 Å². The highest BCUT2D eigenvalue weighted by Crippen LogP contribution is 2.20. The van der Waals surface area contributed by atoms with E-state index in [9.17, 15) is 4.79 Å². The van der Waals surface area contributed by atoms with E-state index < -0.39 is 0 Å². The maximum absolute atomic E-state index is 11.5. The SMILES string of the molecule is CNCCC(=O)Cc1c(Cl)c(C)nn1C. The van der Waals surface area contributed by atoms with Gasteiger partial charge in [-0.2, -0.15) is 5.10 Å². The lowest BCUT2D eigenvalue weighted by molar-refractivity contribution is -0.118. The zero-order valence-electron chi connectivity index (χ0n) is 9.30. The number of rotatable bonds is 5. The van der Waals surface area contributed by atoms with Crippen LogP contribution in [0.3, 0.4) is 0 Å². The van der Waals surface area contributed by atoms with Gasteiger partial charge in [0.15, 0.2) is 0 Å². The van der Waals surface area contributed by atoms with E-state index >= 15 is 0 Å². The van der Waals surface area contributed by atoms with Crippen LogP contribution in [-0.4, -0.2) is 29.2 Å². The molecule has 0 aliphatic carbocycles. The highest BCUT2D eigenvalue weighted by atomic mass is 35.5. The van der Waals surface area contributed by atoms with Crippen LogP contribution in [0.15, 0.2) is 0 Å². The number of Topliss-reactive ketones (excluding diaryl/α,β-unsaturated/α-hetero) is 1. The molecule has 1 N–H and O–H groups in total. The second-order valence-electron chi connectivity index (χ2n) is 3.54. The van der Waals surface area contributed by atoms with Crippen molar-refractivity contribution in [3.8, 4) is 0 Å². The monoisotopic (exact) mass is 229 g/mol.